The van der Waals surface area contributed by atoms with E-state index in [1.165, 1.54) is 32.8 Å². The second kappa shape index (κ2) is 7.14. The van der Waals surface area contributed by atoms with Crippen LogP contribution in [0.4, 0.5) is 0 Å². The van der Waals surface area contributed by atoms with Gasteiger partial charge in [-0.25, -0.2) is 0 Å². The molecule has 2 N–H and O–H groups in total. The van der Waals surface area contributed by atoms with Crippen molar-refractivity contribution < 1.29 is 0 Å². The molecule has 0 spiro atoms. The van der Waals surface area contributed by atoms with Gasteiger partial charge in [-0.3, -0.25) is 0 Å². The van der Waals surface area contributed by atoms with Crippen LogP contribution in [0.3, 0.4) is 0 Å². The molecule has 1 nitrogen and oxygen atoms in total. The molecule has 0 saturated heterocycles. The zero-order valence-corrected chi connectivity index (χ0v) is 12.9. The molecule has 14 heavy (non-hydrogen) atoms. The molecule has 1 rings (SSSR count). The standard InChI is InChI=1S/C10H16NS2.Sn/c1-3-12-6-4-9-5-7-13-10(9)8(2)11;/h5,7-8H,1,3-4,6,11H2,2H3;/q;+3. The maximum atomic E-state index is 5.90. The van der Waals surface area contributed by atoms with Crippen LogP contribution in [-0.2, 0) is 6.42 Å². The molecule has 74 valence electrons. The van der Waals surface area contributed by atoms with Crippen LogP contribution in [0.5, 0.6) is 0 Å². The number of thiophene rings is 1. The average molecular weight is 333 g/mol. The third kappa shape index (κ3) is 4.12. The fourth-order valence-corrected chi connectivity index (χ4v) is 4.17. The maximum absolute atomic E-state index is 5.90. The monoisotopic (exact) mass is 334 g/mol. The fraction of sp³-hybridized carbons (Fsp3) is 0.600. The van der Waals surface area contributed by atoms with E-state index in [1.54, 1.807) is 33.9 Å². The van der Waals surface area contributed by atoms with Crippen LogP contribution in [0.25, 0.3) is 0 Å². The van der Waals surface area contributed by atoms with Gasteiger partial charge in [0.1, 0.15) is 0 Å². The van der Waals surface area contributed by atoms with Crippen molar-refractivity contribution in [2.24, 2.45) is 5.73 Å². The SMILES string of the molecule is CC(N)c1sccc1CCSC[CH2][Sn+3]. The quantitative estimate of drug-likeness (QED) is 0.640. The van der Waals surface area contributed by atoms with Crippen LogP contribution in [0.1, 0.15) is 23.4 Å². The zero-order chi connectivity index (χ0) is 10.4. The molecule has 0 saturated carbocycles. The molecule has 0 fully saturated rings. The van der Waals surface area contributed by atoms with Crippen molar-refractivity contribution in [1.82, 2.24) is 0 Å². The third-order valence-electron chi connectivity index (χ3n) is 1.96. The van der Waals surface area contributed by atoms with Crippen LogP contribution < -0.4 is 5.73 Å². The van der Waals surface area contributed by atoms with E-state index in [4.69, 9.17) is 5.73 Å². The van der Waals surface area contributed by atoms with E-state index in [9.17, 15) is 0 Å². The van der Waals surface area contributed by atoms with E-state index >= 15 is 0 Å². The fourth-order valence-electron chi connectivity index (χ4n) is 1.31. The first-order valence-electron chi connectivity index (χ1n) is 4.80. The van der Waals surface area contributed by atoms with Crippen LogP contribution in [0.15, 0.2) is 11.4 Å². The Labute approximate surface area is 108 Å². The van der Waals surface area contributed by atoms with Crippen molar-refractivity contribution in [3.05, 3.63) is 21.9 Å². The Hall–Kier alpha value is 0.809. The minimum atomic E-state index is 0.200. The number of hydrogen-bond donors (Lipinski definition) is 1. The summed E-state index contributed by atoms with van der Waals surface area (Å²) in [6.07, 6.45) is 1.18. The van der Waals surface area contributed by atoms with Crippen molar-refractivity contribution in [1.29, 1.82) is 0 Å². The molecular formula is C10H16NS2Sn+3. The van der Waals surface area contributed by atoms with Gasteiger partial charge in [0.25, 0.3) is 0 Å². The number of rotatable bonds is 6. The van der Waals surface area contributed by atoms with Gasteiger partial charge < -0.3 is 0 Å². The second-order valence-corrected chi connectivity index (χ2v) is 6.81. The van der Waals surface area contributed by atoms with Gasteiger partial charge in [-0.05, 0) is 0 Å². The zero-order valence-electron chi connectivity index (χ0n) is 8.45. The van der Waals surface area contributed by atoms with Gasteiger partial charge in [0.15, 0.2) is 0 Å². The molecule has 0 aliphatic heterocycles. The molecule has 1 atom stereocenters. The van der Waals surface area contributed by atoms with Gasteiger partial charge in [-0.15, -0.1) is 0 Å². The number of thioether (sulfide) groups is 1. The summed E-state index contributed by atoms with van der Waals surface area (Å²) in [5, 5.41) is 2.16. The number of hydrogen-bond acceptors (Lipinski definition) is 3. The summed E-state index contributed by atoms with van der Waals surface area (Å²) in [6.45, 7) is 2.07. The molecule has 1 aromatic rings. The predicted octanol–water partition coefficient (Wildman–Crippen LogP) is 2.63. The first-order valence-corrected chi connectivity index (χ1v) is 8.85. The summed E-state index contributed by atoms with van der Waals surface area (Å²) in [5.41, 5.74) is 7.36. The summed E-state index contributed by atoms with van der Waals surface area (Å²) in [4.78, 5) is 1.37. The first kappa shape index (κ1) is 12.9. The van der Waals surface area contributed by atoms with Crippen molar-refractivity contribution in [2.75, 3.05) is 11.5 Å². The molecule has 0 amide bonds. The molecule has 0 aliphatic rings. The van der Waals surface area contributed by atoms with Gasteiger partial charge in [0.2, 0.25) is 0 Å². The summed E-state index contributed by atoms with van der Waals surface area (Å²) >= 11 is 5.50. The molecule has 1 unspecified atom stereocenters. The summed E-state index contributed by atoms with van der Waals surface area (Å²) in [6, 6.07) is 2.42. The molecule has 0 aromatic carbocycles. The average Bonchev–Trinajstić information content (AvgIpc) is 2.60. The summed E-state index contributed by atoms with van der Waals surface area (Å²) in [7, 11) is 0. The van der Waals surface area contributed by atoms with E-state index in [0.29, 0.717) is 0 Å². The topological polar surface area (TPSA) is 26.0 Å². The van der Waals surface area contributed by atoms with Crippen LogP contribution in [-0.4, -0.2) is 34.0 Å². The normalized spacial score (nSPS) is 13.1. The molecule has 0 aliphatic carbocycles. The Morgan fingerprint density at radius 1 is 1.57 bits per heavy atom. The number of nitrogens with two attached hydrogens (primary N) is 1. The molecule has 0 radical (unpaired) electrons. The minimum absolute atomic E-state index is 0.200. The van der Waals surface area contributed by atoms with Crippen molar-refractivity contribution in [3.8, 4) is 0 Å². The summed E-state index contributed by atoms with van der Waals surface area (Å²) < 4.78 is 1.36. The van der Waals surface area contributed by atoms with Crippen molar-refractivity contribution in [3.63, 3.8) is 0 Å². The van der Waals surface area contributed by atoms with Gasteiger partial charge in [0, 0.05) is 0 Å². The molecule has 4 heteroatoms. The third-order valence-corrected chi connectivity index (χ3v) is 5.85. The Bertz CT molecular complexity index is 260. The van der Waals surface area contributed by atoms with Crippen LogP contribution in [0.2, 0.25) is 4.44 Å². The van der Waals surface area contributed by atoms with E-state index < -0.39 is 0 Å². The first-order chi connectivity index (χ1) is 6.75. The van der Waals surface area contributed by atoms with Gasteiger partial charge in [-0.2, -0.15) is 0 Å². The molecule has 1 aromatic heterocycles. The molecular weight excluding hydrogens is 317 g/mol. The van der Waals surface area contributed by atoms with E-state index in [2.05, 4.69) is 30.1 Å². The second-order valence-electron chi connectivity index (χ2n) is 3.21. The van der Waals surface area contributed by atoms with E-state index in [1.807, 2.05) is 0 Å². The van der Waals surface area contributed by atoms with Crippen LogP contribution in [0, 0.1) is 0 Å². The number of aryl methyl sites for hydroxylation is 1. The van der Waals surface area contributed by atoms with E-state index in [-0.39, 0.29) is 6.04 Å². The van der Waals surface area contributed by atoms with E-state index in [0.717, 1.165) is 0 Å². The Kier molecular flexibility index (Phi) is 6.57. The van der Waals surface area contributed by atoms with Crippen LogP contribution >= 0.6 is 23.1 Å². The van der Waals surface area contributed by atoms with Gasteiger partial charge >= 0.3 is 109 Å². The Balaban J connectivity index is 2.38. The van der Waals surface area contributed by atoms with Gasteiger partial charge in [-0.1, -0.05) is 0 Å². The Morgan fingerprint density at radius 2 is 2.36 bits per heavy atom. The molecule has 1 heterocycles. The van der Waals surface area contributed by atoms with Crippen molar-refractivity contribution >= 4 is 45.6 Å². The predicted molar refractivity (Wildman–Crippen MR) is 68.5 cm³/mol. The van der Waals surface area contributed by atoms with Crippen molar-refractivity contribution in [2.45, 2.75) is 23.8 Å². The summed E-state index contributed by atoms with van der Waals surface area (Å²) in [5.74, 6) is 2.56. The van der Waals surface area contributed by atoms with Gasteiger partial charge in [0.05, 0.1) is 0 Å². The Morgan fingerprint density at radius 3 is 3.00 bits per heavy atom. The molecule has 0 bridgehead atoms.